The minimum atomic E-state index is 0.313. The van der Waals surface area contributed by atoms with Gasteiger partial charge in [0, 0.05) is 22.1 Å². The second-order valence-electron chi connectivity index (χ2n) is 5.01. The standard InChI is InChI=1S/C15H21BrClNO/c1-2-18-14(15-5-3-4-8-19-15)9-11-6-7-12(16)10-13(11)17/h6-7,10,14-15,18H,2-5,8-9H2,1H3. The number of likely N-dealkylation sites (N-methyl/N-ethyl adjacent to an activating group) is 1. The third-order valence-electron chi connectivity index (χ3n) is 3.58. The third kappa shape index (κ3) is 4.45. The summed E-state index contributed by atoms with van der Waals surface area (Å²) < 4.78 is 6.94. The fourth-order valence-electron chi connectivity index (χ4n) is 2.60. The molecule has 0 amide bonds. The number of benzene rings is 1. The summed E-state index contributed by atoms with van der Waals surface area (Å²) in [5.74, 6) is 0. The number of rotatable bonds is 5. The van der Waals surface area contributed by atoms with Crippen molar-refractivity contribution in [3.05, 3.63) is 33.3 Å². The molecule has 0 bridgehead atoms. The molecular weight excluding hydrogens is 326 g/mol. The predicted molar refractivity (Wildman–Crippen MR) is 83.9 cm³/mol. The lowest BCUT2D eigenvalue weighted by Crippen LogP contribution is -2.44. The van der Waals surface area contributed by atoms with Crippen LogP contribution in [0.5, 0.6) is 0 Å². The van der Waals surface area contributed by atoms with E-state index in [2.05, 4.69) is 34.2 Å². The summed E-state index contributed by atoms with van der Waals surface area (Å²) in [7, 11) is 0. The summed E-state index contributed by atoms with van der Waals surface area (Å²) in [5, 5.41) is 4.37. The highest BCUT2D eigenvalue weighted by Crippen LogP contribution is 2.25. The van der Waals surface area contributed by atoms with Crippen LogP contribution in [-0.4, -0.2) is 25.3 Å². The van der Waals surface area contributed by atoms with Gasteiger partial charge in [0.25, 0.3) is 0 Å². The minimum Gasteiger partial charge on any atom is -0.377 e. The highest BCUT2D eigenvalue weighted by molar-refractivity contribution is 9.10. The Hall–Kier alpha value is -0.0900. The van der Waals surface area contributed by atoms with Gasteiger partial charge in [-0.05, 0) is 49.9 Å². The van der Waals surface area contributed by atoms with Crippen molar-refractivity contribution in [3.63, 3.8) is 0 Å². The van der Waals surface area contributed by atoms with E-state index in [1.54, 1.807) is 0 Å². The molecule has 0 saturated carbocycles. The van der Waals surface area contributed by atoms with E-state index >= 15 is 0 Å². The first kappa shape index (κ1) is 15.3. The van der Waals surface area contributed by atoms with Crippen LogP contribution in [0.3, 0.4) is 0 Å². The number of halogens is 2. The molecule has 4 heteroatoms. The lowest BCUT2D eigenvalue weighted by atomic mass is 9.96. The summed E-state index contributed by atoms with van der Waals surface area (Å²) in [4.78, 5) is 0. The Kier molecular flexibility index (Phi) is 6.14. The molecule has 19 heavy (non-hydrogen) atoms. The monoisotopic (exact) mass is 345 g/mol. The molecule has 2 atom stereocenters. The molecule has 2 nitrogen and oxygen atoms in total. The van der Waals surface area contributed by atoms with Gasteiger partial charge in [-0.1, -0.05) is 40.5 Å². The van der Waals surface area contributed by atoms with Gasteiger partial charge in [-0.25, -0.2) is 0 Å². The normalized spacial score (nSPS) is 21.3. The molecule has 2 unspecified atom stereocenters. The Bertz CT molecular complexity index is 407. The number of ether oxygens (including phenoxy) is 1. The summed E-state index contributed by atoms with van der Waals surface area (Å²) >= 11 is 9.76. The second kappa shape index (κ2) is 7.63. The zero-order valence-corrected chi connectivity index (χ0v) is 13.6. The van der Waals surface area contributed by atoms with Gasteiger partial charge in [-0.15, -0.1) is 0 Å². The van der Waals surface area contributed by atoms with Crippen LogP contribution < -0.4 is 5.32 Å². The molecule has 1 aromatic rings. The zero-order chi connectivity index (χ0) is 13.7. The molecule has 0 radical (unpaired) electrons. The molecule has 0 aliphatic carbocycles. The number of hydrogen-bond acceptors (Lipinski definition) is 2. The van der Waals surface area contributed by atoms with Crippen molar-refractivity contribution in [1.82, 2.24) is 5.32 Å². The molecule has 1 saturated heterocycles. The van der Waals surface area contributed by atoms with Crippen molar-refractivity contribution in [1.29, 1.82) is 0 Å². The van der Waals surface area contributed by atoms with Gasteiger partial charge < -0.3 is 10.1 Å². The van der Waals surface area contributed by atoms with Gasteiger partial charge >= 0.3 is 0 Å². The molecular formula is C15H21BrClNO. The lowest BCUT2D eigenvalue weighted by Gasteiger charge is -2.31. The average molecular weight is 347 g/mol. The van der Waals surface area contributed by atoms with Crippen LogP contribution >= 0.6 is 27.5 Å². The van der Waals surface area contributed by atoms with Crippen molar-refractivity contribution in [3.8, 4) is 0 Å². The van der Waals surface area contributed by atoms with Crippen LogP contribution in [0.4, 0.5) is 0 Å². The van der Waals surface area contributed by atoms with E-state index < -0.39 is 0 Å². The molecule has 2 rings (SSSR count). The molecule has 106 valence electrons. The Balaban J connectivity index is 2.06. The van der Waals surface area contributed by atoms with Gasteiger partial charge in [0.1, 0.15) is 0 Å². The van der Waals surface area contributed by atoms with Gasteiger partial charge in [-0.3, -0.25) is 0 Å². The van der Waals surface area contributed by atoms with Crippen molar-refractivity contribution < 1.29 is 4.74 Å². The SMILES string of the molecule is CCNC(Cc1ccc(Br)cc1Cl)C1CCCCO1. The fourth-order valence-corrected chi connectivity index (χ4v) is 3.35. The van der Waals surface area contributed by atoms with Crippen LogP contribution in [0, 0.1) is 0 Å². The number of hydrogen-bond donors (Lipinski definition) is 1. The quantitative estimate of drug-likeness (QED) is 0.863. The van der Waals surface area contributed by atoms with Gasteiger partial charge in [0.2, 0.25) is 0 Å². The molecule has 0 spiro atoms. The van der Waals surface area contributed by atoms with E-state index in [-0.39, 0.29) is 0 Å². The predicted octanol–water partition coefficient (Wildman–Crippen LogP) is 4.19. The molecule has 1 aliphatic rings. The molecule has 1 aromatic carbocycles. The minimum absolute atomic E-state index is 0.313. The fraction of sp³-hybridized carbons (Fsp3) is 0.600. The first-order valence-corrected chi connectivity index (χ1v) is 8.16. The van der Waals surface area contributed by atoms with Gasteiger partial charge in [0.15, 0.2) is 0 Å². The Labute approximate surface area is 129 Å². The van der Waals surface area contributed by atoms with E-state index in [4.69, 9.17) is 16.3 Å². The number of nitrogens with one attached hydrogen (secondary N) is 1. The van der Waals surface area contributed by atoms with E-state index in [1.165, 1.54) is 18.4 Å². The average Bonchev–Trinajstić information content (AvgIpc) is 2.42. The Morgan fingerprint density at radius 3 is 2.95 bits per heavy atom. The summed E-state index contributed by atoms with van der Waals surface area (Å²) in [6.07, 6.45) is 4.83. The first-order valence-electron chi connectivity index (χ1n) is 6.99. The lowest BCUT2D eigenvalue weighted by molar-refractivity contribution is -0.00708. The Morgan fingerprint density at radius 1 is 1.47 bits per heavy atom. The van der Waals surface area contributed by atoms with Crippen molar-refractivity contribution in [2.45, 2.75) is 44.8 Å². The molecule has 0 aromatic heterocycles. The highest BCUT2D eigenvalue weighted by Gasteiger charge is 2.24. The molecule has 1 aliphatic heterocycles. The largest absolute Gasteiger partial charge is 0.377 e. The van der Waals surface area contributed by atoms with Crippen molar-refractivity contribution in [2.24, 2.45) is 0 Å². The maximum absolute atomic E-state index is 6.31. The van der Waals surface area contributed by atoms with Crippen LogP contribution in [0.25, 0.3) is 0 Å². The van der Waals surface area contributed by atoms with E-state index in [0.717, 1.165) is 35.5 Å². The van der Waals surface area contributed by atoms with Crippen LogP contribution in [-0.2, 0) is 11.2 Å². The topological polar surface area (TPSA) is 21.3 Å². The highest BCUT2D eigenvalue weighted by atomic mass is 79.9. The maximum atomic E-state index is 6.31. The second-order valence-corrected chi connectivity index (χ2v) is 6.33. The molecule has 1 N–H and O–H groups in total. The van der Waals surface area contributed by atoms with Crippen molar-refractivity contribution >= 4 is 27.5 Å². The van der Waals surface area contributed by atoms with E-state index in [1.807, 2.05) is 12.1 Å². The molecule has 1 fully saturated rings. The summed E-state index contributed by atoms with van der Waals surface area (Å²) in [6, 6.07) is 6.46. The Morgan fingerprint density at radius 2 is 2.32 bits per heavy atom. The van der Waals surface area contributed by atoms with Crippen LogP contribution in [0.1, 0.15) is 31.7 Å². The van der Waals surface area contributed by atoms with Crippen LogP contribution in [0.2, 0.25) is 5.02 Å². The van der Waals surface area contributed by atoms with Crippen molar-refractivity contribution in [2.75, 3.05) is 13.2 Å². The van der Waals surface area contributed by atoms with E-state index in [9.17, 15) is 0 Å². The first-order chi connectivity index (χ1) is 9.20. The van der Waals surface area contributed by atoms with Gasteiger partial charge in [0.05, 0.1) is 6.10 Å². The van der Waals surface area contributed by atoms with E-state index in [0.29, 0.717) is 12.1 Å². The smallest absolute Gasteiger partial charge is 0.0731 e. The zero-order valence-electron chi connectivity index (χ0n) is 11.3. The third-order valence-corrected chi connectivity index (χ3v) is 4.43. The van der Waals surface area contributed by atoms with Crippen LogP contribution in [0.15, 0.2) is 22.7 Å². The maximum Gasteiger partial charge on any atom is 0.0731 e. The molecule has 1 heterocycles. The van der Waals surface area contributed by atoms with Gasteiger partial charge in [-0.2, -0.15) is 0 Å². The summed E-state index contributed by atoms with van der Waals surface area (Å²) in [5.41, 5.74) is 1.19. The summed E-state index contributed by atoms with van der Waals surface area (Å²) in [6.45, 7) is 3.98.